The Kier molecular flexibility index (Phi) is 4.66. The molecule has 8 heteroatoms. The molecule has 0 radical (unpaired) electrons. The summed E-state index contributed by atoms with van der Waals surface area (Å²) in [5.74, 6) is -0.252. The summed E-state index contributed by atoms with van der Waals surface area (Å²) in [5, 5.41) is 6.72. The standard InChI is InChI=1S/C12H10Br2N4O2/c1-7(19)8-2-4-9(5-3-8)15-10(20)6-18-12(14)16-11(13)17-18/h2-5H,6H2,1H3,(H,15,20). The number of rotatable bonds is 4. The second kappa shape index (κ2) is 6.27. The van der Waals surface area contributed by atoms with E-state index in [0.717, 1.165) is 0 Å². The van der Waals surface area contributed by atoms with E-state index in [0.29, 0.717) is 20.7 Å². The van der Waals surface area contributed by atoms with Crippen molar-refractivity contribution in [1.82, 2.24) is 14.8 Å². The molecule has 104 valence electrons. The lowest BCUT2D eigenvalue weighted by Gasteiger charge is -2.06. The van der Waals surface area contributed by atoms with Crippen molar-refractivity contribution in [1.29, 1.82) is 0 Å². The molecule has 0 saturated carbocycles. The van der Waals surface area contributed by atoms with E-state index >= 15 is 0 Å². The Balaban J connectivity index is 2.01. The van der Waals surface area contributed by atoms with Crippen molar-refractivity contribution in [2.45, 2.75) is 13.5 Å². The lowest BCUT2D eigenvalue weighted by atomic mass is 10.1. The highest BCUT2D eigenvalue weighted by atomic mass is 79.9. The van der Waals surface area contributed by atoms with Crippen LogP contribution in [0.4, 0.5) is 5.69 Å². The molecule has 6 nitrogen and oxygen atoms in total. The molecule has 0 saturated heterocycles. The molecule has 2 rings (SSSR count). The van der Waals surface area contributed by atoms with Crippen LogP contribution >= 0.6 is 31.9 Å². The maximum atomic E-state index is 11.9. The number of halogens is 2. The highest BCUT2D eigenvalue weighted by molar-refractivity contribution is 9.11. The molecule has 0 unspecified atom stereocenters. The first-order valence-corrected chi connectivity index (χ1v) is 7.21. The Hall–Kier alpha value is -1.54. The minimum atomic E-state index is -0.237. The molecular formula is C12H10Br2N4O2. The molecule has 0 aliphatic rings. The molecule has 1 amide bonds. The zero-order valence-corrected chi connectivity index (χ0v) is 13.6. The second-order valence-electron chi connectivity index (χ2n) is 3.99. The van der Waals surface area contributed by atoms with Crippen LogP contribution in [-0.4, -0.2) is 26.5 Å². The number of aromatic nitrogens is 3. The number of carbonyl (C=O) groups is 2. The average Bonchev–Trinajstić information content (AvgIpc) is 2.68. The summed E-state index contributed by atoms with van der Waals surface area (Å²) < 4.78 is 2.29. The molecule has 1 aromatic carbocycles. The van der Waals surface area contributed by atoms with Crippen LogP contribution in [0.15, 0.2) is 33.7 Å². The van der Waals surface area contributed by atoms with Gasteiger partial charge in [0, 0.05) is 11.3 Å². The maximum absolute atomic E-state index is 11.9. The van der Waals surface area contributed by atoms with E-state index in [1.54, 1.807) is 24.3 Å². The fourth-order valence-corrected chi connectivity index (χ4v) is 2.49. The summed E-state index contributed by atoms with van der Waals surface area (Å²) in [4.78, 5) is 27.0. The number of nitrogens with zero attached hydrogens (tertiary/aromatic N) is 3. The monoisotopic (exact) mass is 400 g/mol. The van der Waals surface area contributed by atoms with Crippen LogP contribution in [0.1, 0.15) is 17.3 Å². The van der Waals surface area contributed by atoms with Crippen LogP contribution in [-0.2, 0) is 11.3 Å². The predicted molar refractivity (Wildman–Crippen MR) is 80.5 cm³/mol. The van der Waals surface area contributed by atoms with Crippen LogP contribution in [0.3, 0.4) is 0 Å². The minimum absolute atomic E-state index is 0.0146. The van der Waals surface area contributed by atoms with Gasteiger partial charge in [-0.25, -0.2) is 4.68 Å². The Morgan fingerprint density at radius 3 is 2.40 bits per heavy atom. The number of hydrogen-bond acceptors (Lipinski definition) is 4. The third kappa shape index (κ3) is 3.73. The minimum Gasteiger partial charge on any atom is -0.324 e. The van der Waals surface area contributed by atoms with Crippen LogP contribution in [0, 0.1) is 0 Å². The Morgan fingerprint density at radius 1 is 1.25 bits per heavy atom. The molecule has 0 aliphatic heterocycles. The van der Waals surface area contributed by atoms with Gasteiger partial charge >= 0.3 is 0 Å². The van der Waals surface area contributed by atoms with Crippen LogP contribution < -0.4 is 5.32 Å². The number of nitrogens with one attached hydrogen (secondary N) is 1. The van der Waals surface area contributed by atoms with Crippen molar-refractivity contribution in [3.05, 3.63) is 39.3 Å². The van der Waals surface area contributed by atoms with Gasteiger partial charge in [0.05, 0.1) is 0 Å². The van der Waals surface area contributed by atoms with Gasteiger partial charge in [-0.1, -0.05) is 0 Å². The summed E-state index contributed by atoms with van der Waals surface area (Å²) >= 11 is 6.32. The van der Waals surface area contributed by atoms with Crippen LogP contribution in [0.2, 0.25) is 0 Å². The number of amides is 1. The normalized spacial score (nSPS) is 10.3. The van der Waals surface area contributed by atoms with Crippen LogP contribution in [0.25, 0.3) is 0 Å². The van der Waals surface area contributed by atoms with E-state index in [1.807, 2.05) is 0 Å². The molecule has 2 aromatic rings. The van der Waals surface area contributed by atoms with Crippen molar-refractivity contribution < 1.29 is 9.59 Å². The Morgan fingerprint density at radius 2 is 1.90 bits per heavy atom. The molecule has 0 atom stereocenters. The molecule has 1 aromatic heterocycles. The molecule has 0 aliphatic carbocycles. The lowest BCUT2D eigenvalue weighted by Crippen LogP contribution is -2.19. The fourth-order valence-electron chi connectivity index (χ4n) is 1.52. The van der Waals surface area contributed by atoms with Gasteiger partial charge in [-0.3, -0.25) is 9.59 Å². The van der Waals surface area contributed by atoms with Crippen LogP contribution in [0.5, 0.6) is 0 Å². The Bertz CT molecular complexity index is 652. The molecule has 0 bridgehead atoms. The number of carbonyl (C=O) groups excluding carboxylic acids is 2. The van der Waals surface area contributed by atoms with E-state index in [1.165, 1.54) is 11.6 Å². The zero-order valence-electron chi connectivity index (χ0n) is 10.4. The van der Waals surface area contributed by atoms with Gasteiger partial charge in [0.25, 0.3) is 0 Å². The first kappa shape index (κ1) is 14.9. The third-order valence-corrected chi connectivity index (χ3v) is 3.39. The number of Topliss-reactive ketones (excluding diaryl/α,β-unsaturated/α-hetero) is 1. The lowest BCUT2D eigenvalue weighted by molar-refractivity contribution is -0.116. The van der Waals surface area contributed by atoms with Crippen molar-refractivity contribution >= 4 is 49.2 Å². The van der Waals surface area contributed by atoms with Gasteiger partial charge in [0.15, 0.2) is 10.5 Å². The SMILES string of the molecule is CC(=O)c1ccc(NC(=O)Cn2nc(Br)nc2Br)cc1. The van der Waals surface area contributed by atoms with Crippen molar-refractivity contribution in [3.8, 4) is 0 Å². The third-order valence-electron chi connectivity index (χ3n) is 2.47. The summed E-state index contributed by atoms with van der Waals surface area (Å²) in [6.45, 7) is 1.53. The smallest absolute Gasteiger partial charge is 0.246 e. The van der Waals surface area contributed by atoms with Crippen molar-refractivity contribution in [2.24, 2.45) is 0 Å². The fraction of sp³-hybridized carbons (Fsp3) is 0.167. The van der Waals surface area contributed by atoms with E-state index in [4.69, 9.17) is 0 Å². The topological polar surface area (TPSA) is 76.9 Å². The summed E-state index contributed by atoms with van der Waals surface area (Å²) in [7, 11) is 0. The number of benzene rings is 1. The summed E-state index contributed by atoms with van der Waals surface area (Å²) in [5.41, 5.74) is 1.22. The highest BCUT2D eigenvalue weighted by Crippen LogP contribution is 2.13. The molecule has 1 heterocycles. The second-order valence-corrected chi connectivity index (χ2v) is 5.41. The molecule has 0 fully saturated rings. The molecule has 1 N–H and O–H groups in total. The number of anilines is 1. The van der Waals surface area contributed by atoms with Crippen molar-refractivity contribution in [3.63, 3.8) is 0 Å². The molecule has 20 heavy (non-hydrogen) atoms. The van der Waals surface area contributed by atoms with Gasteiger partial charge in [-0.2, -0.15) is 4.98 Å². The average molecular weight is 402 g/mol. The first-order valence-electron chi connectivity index (χ1n) is 5.62. The van der Waals surface area contributed by atoms with Gasteiger partial charge < -0.3 is 5.32 Å². The summed E-state index contributed by atoms with van der Waals surface area (Å²) in [6, 6.07) is 6.70. The highest BCUT2D eigenvalue weighted by Gasteiger charge is 2.10. The number of ketones is 1. The molecular weight excluding hydrogens is 392 g/mol. The van der Waals surface area contributed by atoms with E-state index in [2.05, 4.69) is 47.3 Å². The maximum Gasteiger partial charge on any atom is 0.246 e. The number of hydrogen-bond donors (Lipinski definition) is 1. The van der Waals surface area contributed by atoms with E-state index in [9.17, 15) is 9.59 Å². The van der Waals surface area contributed by atoms with E-state index in [-0.39, 0.29) is 18.2 Å². The largest absolute Gasteiger partial charge is 0.324 e. The quantitative estimate of drug-likeness (QED) is 0.799. The van der Waals surface area contributed by atoms with Gasteiger partial charge in [0.1, 0.15) is 6.54 Å². The van der Waals surface area contributed by atoms with Gasteiger partial charge in [-0.05, 0) is 63.0 Å². The van der Waals surface area contributed by atoms with Gasteiger partial charge in [0.2, 0.25) is 10.6 Å². The summed E-state index contributed by atoms with van der Waals surface area (Å²) in [6.07, 6.45) is 0. The van der Waals surface area contributed by atoms with Crippen molar-refractivity contribution in [2.75, 3.05) is 5.32 Å². The Labute approximate surface area is 131 Å². The predicted octanol–water partition coefficient (Wildman–Crippen LogP) is 2.64. The van der Waals surface area contributed by atoms with Gasteiger partial charge in [-0.15, -0.1) is 5.10 Å². The first-order chi connectivity index (χ1) is 9.45. The molecule has 0 spiro atoms. The van der Waals surface area contributed by atoms with E-state index < -0.39 is 0 Å². The zero-order chi connectivity index (χ0) is 14.7.